The van der Waals surface area contributed by atoms with E-state index in [4.69, 9.17) is 9.47 Å². The van der Waals surface area contributed by atoms with Gasteiger partial charge in [0.05, 0.1) is 6.61 Å². The highest BCUT2D eigenvalue weighted by molar-refractivity contribution is 5.76. The van der Waals surface area contributed by atoms with E-state index < -0.39 is 6.10 Å². The number of esters is 1. The Kier molecular flexibility index (Phi) is 4.99. The summed E-state index contributed by atoms with van der Waals surface area (Å²) in [6, 6.07) is 7.71. The number of hydrogen-bond acceptors (Lipinski definition) is 3. The molecule has 0 saturated carbocycles. The first-order chi connectivity index (χ1) is 7.69. The van der Waals surface area contributed by atoms with Gasteiger partial charge in [0, 0.05) is 6.61 Å². The van der Waals surface area contributed by atoms with E-state index in [1.165, 1.54) is 0 Å². The smallest absolute Gasteiger partial charge is 0.339 e. The summed E-state index contributed by atoms with van der Waals surface area (Å²) in [7, 11) is 0. The summed E-state index contributed by atoms with van der Waals surface area (Å²) < 4.78 is 10.4. The normalized spacial score (nSPS) is 12.2. The largest absolute Gasteiger partial charge is 0.464 e. The molecule has 1 unspecified atom stereocenters. The monoisotopic (exact) mass is 222 g/mol. The summed E-state index contributed by atoms with van der Waals surface area (Å²) in [6.45, 7) is 6.51. The van der Waals surface area contributed by atoms with Crippen molar-refractivity contribution in [2.24, 2.45) is 0 Å². The minimum Gasteiger partial charge on any atom is -0.464 e. The second-order valence-corrected chi connectivity index (χ2v) is 3.50. The SMILES string of the molecule is CCOC(=O)C(OCC)c1ccc(C)cc1. The van der Waals surface area contributed by atoms with Crippen LogP contribution in [0, 0.1) is 6.92 Å². The summed E-state index contributed by atoms with van der Waals surface area (Å²) >= 11 is 0. The Hall–Kier alpha value is -1.35. The molecule has 3 heteroatoms. The number of ether oxygens (including phenoxy) is 2. The molecule has 88 valence electrons. The molecule has 0 aliphatic heterocycles. The molecular weight excluding hydrogens is 204 g/mol. The third-order valence-electron chi connectivity index (χ3n) is 2.21. The first-order valence-electron chi connectivity index (χ1n) is 5.53. The van der Waals surface area contributed by atoms with Gasteiger partial charge in [0.25, 0.3) is 0 Å². The van der Waals surface area contributed by atoms with Crippen molar-refractivity contribution < 1.29 is 14.3 Å². The van der Waals surface area contributed by atoms with Gasteiger partial charge in [-0.15, -0.1) is 0 Å². The van der Waals surface area contributed by atoms with Gasteiger partial charge in [-0.05, 0) is 26.3 Å². The van der Waals surface area contributed by atoms with Crippen molar-refractivity contribution in [2.75, 3.05) is 13.2 Å². The first-order valence-corrected chi connectivity index (χ1v) is 5.53. The van der Waals surface area contributed by atoms with Gasteiger partial charge in [-0.2, -0.15) is 0 Å². The van der Waals surface area contributed by atoms with Gasteiger partial charge < -0.3 is 9.47 Å². The Morgan fingerprint density at radius 3 is 2.31 bits per heavy atom. The zero-order chi connectivity index (χ0) is 12.0. The summed E-state index contributed by atoms with van der Waals surface area (Å²) in [6.07, 6.45) is -0.606. The highest BCUT2D eigenvalue weighted by Crippen LogP contribution is 2.19. The van der Waals surface area contributed by atoms with Crippen LogP contribution in [-0.4, -0.2) is 19.2 Å². The van der Waals surface area contributed by atoms with Crippen molar-refractivity contribution >= 4 is 5.97 Å². The van der Waals surface area contributed by atoms with Crippen LogP contribution in [-0.2, 0) is 14.3 Å². The second kappa shape index (κ2) is 6.28. The topological polar surface area (TPSA) is 35.5 Å². The van der Waals surface area contributed by atoms with E-state index in [0.29, 0.717) is 13.2 Å². The van der Waals surface area contributed by atoms with E-state index in [-0.39, 0.29) is 5.97 Å². The quantitative estimate of drug-likeness (QED) is 0.718. The molecule has 0 aliphatic rings. The van der Waals surface area contributed by atoms with Crippen molar-refractivity contribution in [3.63, 3.8) is 0 Å². The molecule has 0 N–H and O–H groups in total. The Labute approximate surface area is 96.4 Å². The van der Waals surface area contributed by atoms with E-state index >= 15 is 0 Å². The fourth-order valence-corrected chi connectivity index (χ4v) is 1.43. The zero-order valence-electron chi connectivity index (χ0n) is 10.0. The summed E-state index contributed by atoms with van der Waals surface area (Å²) in [5.41, 5.74) is 1.99. The summed E-state index contributed by atoms with van der Waals surface area (Å²) in [4.78, 5) is 11.7. The molecule has 1 aromatic carbocycles. The predicted molar refractivity (Wildman–Crippen MR) is 62.2 cm³/mol. The Bertz CT molecular complexity index is 330. The third kappa shape index (κ3) is 3.35. The van der Waals surface area contributed by atoms with Crippen LogP contribution in [0.1, 0.15) is 31.1 Å². The van der Waals surface area contributed by atoms with E-state index in [0.717, 1.165) is 11.1 Å². The Morgan fingerprint density at radius 2 is 1.81 bits per heavy atom. The molecule has 0 spiro atoms. The molecule has 0 heterocycles. The lowest BCUT2D eigenvalue weighted by Crippen LogP contribution is -2.19. The molecule has 0 fully saturated rings. The maximum absolute atomic E-state index is 11.7. The fraction of sp³-hybridized carbons (Fsp3) is 0.462. The van der Waals surface area contributed by atoms with Gasteiger partial charge in [-0.1, -0.05) is 29.8 Å². The van der Waals surface area contributed by atoms with Crippen LogP contribution in [0.4, 0.5) is 0 Å². The predicted octanol–water partition coefficient (Wildman–Crippen LogP) is 2.64. The van der Waals surface area contributed by atoms with Gasteiger partial charge >= 0.3 is 5.97 Å². The minimum atomic E-state index is -0.606. The van der Waals surface area contributed by atoms with Crippen LogP contribution in [0.5, 0.6) is 0 Å². The fourth-order valence-electron chi connectivity index (χ4n) is 1.43. The molecule has 1 rings (SSSR count). The third-order valence-corrected chi connectivity index (χ3v) is 2.21. The van der Waals surface area contributed by atoms with Gasteiger partial charge in [0.15, 0.2) is 6.10 Å². The molecule has 3 nitrogen and oxygen atoms in total. The van der Waals surface area contributed by atoms with Crippen molar-refractivity contribution in [3.8, 4) is 0 Å². The lowest BCUT2D eigenvalue weighted by atomic mass is 10.1. The van der Waals surface area contributed by atoms with Crippen LogP contribution in [0.15, 0.2) is 24.3 Å². The van der Waals surface area contributed by atoms with Crippen LogP contribution < -0.4 is 0 Å². The number of aryl methyl sites for hydroxylation is 1. The van der Waals surface area contributed by atoms with Crippen LogP contribution in [0.2, 0.25) is 0 Å². The lowest BCUT2D eigenvalue weighted by Gasteiger charge is -2.15. The molecule has 0 bridgehead atoms. The number of benzene rings is 1. The van der Waals surface area contributed by atoms with Crippen molar-refractivity contribution in [2.45, 2.75) is 26.9 Å². The summed E-state index contributed by atoms with van der Waals surface area (Å²) in [5, 5.41) is 0. The van der Waals surface area contributed by atoms with E-state index in [9.17, 15) is 4.79 Å². The number of hydrogen-bond donors (Lipinski definition) is 0. The van der Waals surface area contributed by atoms with Gasteiger partial charge in [0.1, 0.15) is 0 Å². The highest BCUT2D eigenvalue weighted by atomic mass is 16.6. The maximum atomic E-state index is 11.7. The van der Waals surface area contributed by atoms with E-state index in [1.54, 1.807) is 6.92 Å². The van der Waals surface area contributed by atoms with Crippen molar-refractivity contribution in [3.05, 3.63) is 35.4 Å². The molecule has 16 heavy (non-hydrogen) atoms. The molecule has 0 saturated heterocycles. The highest BCUT2D eigenvalue weighted by Gasteiger charge is 2.21. The molecule has 0 radical (unpaired) electrons. The molecule has 0 aromatic heterocycles. The first kappa shape index (κ1) is 12.7. The lowest BCUT2D eigenvalue weighted by molar-refractivity contribution is -0.157. The van der Waals surface area contributed by atoms with Crippen LogP contribution in [0.3, 0.4) is 0 Å². The summed E-state index contributed by atoms with van der Waals surface area (Å²) in [5.74, 6) is -0.326. The Morgan fingerprint density at radius 1 is 1.19 bits per heavy atom. The molecule has 0 amide bonds. The number of carbonyl (C=O) groups excluding carboxylic acids is 1. The maximum Gasteiger partial charge on any atom is 0.339 e. The van der Waals surface area contributed by atoms with E-state index in [1.807, 2.05) is 38.1 Å². The molecule has 1 atom stereocenters. The van der Waals surface area contributed by atoms with Crippen molar-refractivity contribution in [1.82, 2.24) is 0 Å². The molecular formula is C13H18O3. The number of rotatable bonds is 5. The number of carbonyl (C=O) groups is 1. The van der Waals surface area contributed by atoms with Crippen LogP contribution >= 0.6 is 0 Å². The average molecular weight is 222 g/mol. The zero-order valence-corrected chi connectivity index (χ0v) is 10.0. The van der Waals surface area contributed by atoms with E-state index in [2.05, 4.69) is 0 Å². The Balaban J connectivity index is 2.84. The van der Waals surface area contributed by atoms with Crippen molar-refractivity contribution in [1.29, 1.82) is 0 Å². The van der Waals surface area contributed by atoms with Gasteiger partial charge in [-0.3, -0.25) is 0 Å². The van der Waals surface area contributed by atoms with Gasteiger partial charge in [-0.25, -0.2) is 4.79 Å². The standard InChI is InChI=1S/C13H18O3/c1-4-15-12(13(14)16-5-2)11-8-6-10(3)7-9-11/h6-9,12H,4-5H2,1-3H3. The van der Waals surface area contributed by atoms with Crippen LogP contribution in [0.25, 0.3) is 0 Å². The average Bonchev–Trinajstić information content (AvgIpc) is 2.28. The minimum absolute atomic E-state index is 0.326. The second-order valence-electron chi connectivity index (χ2n) is 3.50. The van der Waals surface area contributed by atoms with Gasteiger partial charge in [0.2, 0.25) is 0 Å². The molecule has 0 aliphatic carbocycles. The molecule has 1 aromatic rings.